The van der Waals surface area contributed by atoms with E-state index in [0.29, 0.717) is 33.1 Å². The number of hydrogen-bond donors (Lipinski definition) is 1. The van der Waals surface area contributed by atoms with Crippen molar-refractivity contribution >= 4 is 34.2 Å². The number of anilines is 1. The van der Waals surface area contributed by atoms with Crippen LogP contribution in [0.4, 0.5) is 10.1 Å². The van der Waals surface area contributed by atoms with Crippen molar-refractivity contribution in [2.24, 2.45) is 0 Å². The van der Waals surface area contributed by atoms with Crippen LogP contribution in [0.5, 0.6) is 0 Å². The van der Waals surface area contributed by atoms with E-state index in [-0.39, 0.29) is 11.7 Å². The van der Waals surface area contributed by atoms with Gasteiger partial charge in [0, 0.05) is 11.1 Å². The highest BCUT2D eigenvalue weighted by atomic mass is 35.5. The first-order chi connectivity index (χ1) is 13.4. The zero-order valence-electron chi connectivity index (χ0n) is 15.1. The molecule has 0 spiro atoms. The van der Waals surface area contributed by atoms with Gasteiger partial charge >= 0.3 is 0 Å². The molecule has 0 fully saturated rings. The normalized spacial score (nSPS) is 11.3. The Morgan fingerprint density at radius 1 is 1.29 bits per heavy atom. The van der Waals surface area contributed by atoms with Crippen LogP contribution in [0.2, 0.25) is 5.02 Å². The van der Waals surface area contributed by atoms with E-state index in [1.165, 1.54) is 24.5 Å². The minimum atomic E-state index is -0.577. The Kier molecular flexibility index (Phi) is 4.60. The molecular weight excluding hydrogens is 383 g/mol. The van der Waals surface area contributed by atoms with Gasteiger partial charge in [0.25, 0.3) is 5.91 Å². The number of carbonyl (C=O) groups is 1. The van der Waals surface area contributed by atoms with Crippen molar-refractivity contribution in [3.05, 3.63) is 65.3 Å². The minimum Gasteiger partial charge on any atom is -0.463 e. The minimum absolute atomic E-state index is 0.00161. The van der Waals surface area contributed by atoms with E-state index in [0.717, 1.165) is 0 Å². The maximum atomic E-state index is 14.1. The number of benzene rings is 1. The van der Waals surface area contributed by atoms with E-state index in [4.69, 9.17) is 16.0 Å². The first-order valence-corrected chi connectivity index (χ1v) is 9.00. The van der Waals surface area contributed by atoms with E-state index in [1.807, 2.05) is 13.8 Å². The summed E-state index contributed by atoms with van der Waals surface area (Å²) in [6.07, 6.45) is 3.11. The Balaban J connectivity index is 1.85. The number of aromatic nitrogens is 3. The summed E-state index contributed by atoms with van der Waals surface area (Å²) in [6.45, 7) is 3.93. The molecule has 0 atom stereocenters. The number of amides is 1. The Hall–Kier alpha value is -3.19. The van der Waals surface area contributed by atoms with E-state index >= 15 is 0 Å². The van der Waals surface area contributed by atoms with E-state index in [9.17, 15) is 9.18 Å². The molecule has 28 heavy (non-hydrogen) atoms. The summed E-state index contributed by atoms with van der Waals surface area (Å²) < 4.78 is 21.2. The molecular formula is C20H16ClFN4O2. The van der Waals surface area contributed by atoms with Gasteiger partial charge in [0.2, 0.25) is 0 Å². The lowest BCUT2D eigenvalue weighted by Gasteiger charge is -2.11. The zero-order valence-corrected chi connectivity index (χ0v) is 15.9. The molecule has 0 aliphatic rings. The van der Waals surface area contributed by atoms with Crippen LogP contribution in [0, 0.1) is 5.82 Å². The number of carbonyl (C=O) groups excluding carboxylic acids is 1. The quantitative estimate of drug-likeness (QED) is 0.505. The molecule has 0 aliphatic heterocycles. The van der Waals surface area contributed by atoms with Gasteiger partial charge in [-0.05, 0) is 50.2 Å². The highest BCUT2D eigenvalue weighted by Crippen LogP contribution is 2.28. The molecule has 6 nitrogen and oxygen atoms in total. The Morgan fingerprint density at radius 3 is 2.82 bits per heavy atom. The summed E-state index contributed by atoms with van der Waals surface area (Å²) in [4.78, 5) is 17.6. The first-order valence-electron chi connectivity index (χ1n) is 8.62. The molecule has 1 N–H and O–H groups in total. The van der Waals surface area contributed by atoms with E-state index < -0.39 is 11.7 Å². The van der Waals surface area contributed by atoms with Crippen molar-refractivity contribution in [1.29, 1.82) is 0 Å². The van der Waals surface area contributed by atoms with Crippen LogP contribution in [-0.4, -0.2) is 20.7 Å². The maximum Gasteiger partial charge on any atom is 0.256 e. The van der Waals surface area contributed by atoms with Crippen LogP contribution in [0.25, 0.3) is 22.5 Å². The second kappa shape index (κ2) is 7.09. The van der Waals surface area contributed by atoms with Crippen LogP contribution >= 0.6 is 11.6 Å². The topological polar surface area (TPSA) is 73.0 Å². The van der Waals surface area contributed by atoms with Crippen molar-refractivity contribution in [3.8, 4) is 11.5 Å². The van der Waals surface area contributed by atoms with Gasteiger partial charge < -0.3 is 9.73 Å². The van der Waals surface area contributed by atoms with Crippen molar-refractivity contribution in [2.45, 2.75) is 19.9 Å². The second-order valence-electron chi connectivity index (χ2n) is 6.53. The predicted molar refractivity (Wildman–Crippen MR) is 105 cm³/mol. The first kappa shape index (κ1) is 18.2. The summed E-state index contributed by atoms with van der Waals surface area (Å²) in [5.74, 6) is -0.557. The van der Waals surface area contributed by atoms with Crippen molar-refractivity contribution in [3.63, 3.8) is 0 Å². The number of nitrogens with one attached hydrogen (secondary N) is 1. The molecule has 0 saturated heterocycles. The summed E-state index contributed by atoms with van der Waals surface area (Å²) in [6, 6.07) is 9.11. The number of furan rings is 1. The molecule has 0 radical (unpaired) electrons. The van der Waals surface area contributed by atoms with Crippen LogP contribution < -0.4 is 5.32 Å². The molecule has 3 heterocycles. The third-order valence-corrected chi connectivity index (χ3v) is 4.49. The average Bonchev–Trinajstić information content (AvgIpc) is 3.33. The summed E-state index contributed by atoms with van der Waals surface area (Å²) >= 11 is 5.92. The van der Waals surface area contributed by atoms with Crippen LogP contribution in [0.1, 0.15) is 30.2 Å². The second-order valence-corrected chi connectivity index (χ2v) is 6.97. The van der Waals surface area contributed by atoms with Crippen molar-refractivity contribution in [1.82, 2.24) is 14.8 Å². The summed E-state index contributed by atoms with van der Waals surface area (Å²) in [5.41, 5.74) is 1.33. The van der Waals surface area contributed by atoms with Gasteiger partial charge in [-0.1, -0.05) is 11.6 Å². The lowest BCUT2D eigenvalue weighted by molar-refractivity contribution is 0.102. The third kappa shape index (κ3) is 3.25. The van der Waals surface area contributed by atoms with Gasteiger partial charge in [-0.15, -0.1) is 0 Å². The highest BCUT2D eigenvalue weighted by molar-refractivity contribution is 6.31. The molecule has 4 rings (SSSR count). The Morgan fingerprint density at radius 2 is 2.11 bits per heavy atom. The largest absolute Gasteiger partial charge is 0.463 e. The number of fused-ring (bicyclic) bond motifs is 1. The highest BCUT2D eigenvalue weighted by Gasteiger charge is 2.20. The molecule has 0 aliphatic carbocycles. The molecule has 8 heteroatoms. The number of hydrogen-bond acceptors (Lipinski definition) is 4. The molecule has 0 saturated carbocycles. The predicted octanol–water partition coefficient (Wildman–Crippen LogP) is 5.32. The molecule has 3 aromatic heterocycles. The lowest BCUT2D eigenvalue weighted by Crippen LogP contribution is -2.14. The smallest absolute Gasteiger partial charge is 0.256 e. The molecule has 0 unspecified atom stereocenters. The number of rotatable bonds is 4. The maximum absolute atomic E-state index is 14.1. The van der Waals surface area contributed by atoms with E-state index in [1.54, 1.807) is 29.1 Å². The monoisotopic (exact) mass is 398 g/mol. The molecule has 4 aromatic rings. The van der Waals surface area contributed by atoms with E-state index in [2.05, 4.69) is 15.4 Å². The zero-order chi connectivity index (χ0) is 19.8. The van der Waals surface area contributed by atoms with Gasteiger partial charge in [-0.2, -0.15) is 5.10 Å². The molecule has 1 aromatic carbocycles. The van der Waals surface area contributed by atoms with Gasteiger partial charge in [0.1, 0.15) is 11.5 Å². The molecule has 0 bridgehead atoms. The fourth-order valence-corrected chi connectivity index (χ4v) is 3.09. The average molecular weight is 399 g/mol. The SMILES string of the molecule is CC(C)n1ncc2c(C(=O)Nc3cc(Cl)ccc3F)cc(-c3ccco3)nc21. The van der Waals surface area contributed by atoms with Gasteiger partial charge in [-0.25, -0.2) is 14.1 Å². The Bertz CT molecular complexity index is 1170. The molecule has 1 amide bonds. The van der Waals surface area contributed by atoms with Crippen molar-refractivity contribution < 1.29 is 13.6 Å². The van der Waals surface area contributed by atoms with Gasteiger partial charge in [0.05, 0.1) is 29.1 Å². The fraction of sp³-hybridized carbons (Fsp3) is 0.150. The summed E-state index contributed by atoms with van der Waals surface area (Å²) in [5, 5.41) is 7.80. The van der Waals surface area contributed by atoms with Gasteiger partial charge in [0.15, 0.2) is 11.4 Å². The molecule has 142 valence electrons. The standard InChI is InChI=1S/C20H16ClFN4O2/c1-11(2)26-19-14(10-23-26)13(9-17(24-19)18-4-3-7-28-18)20(27)25-16-8-12(21)5-6-15(16)22/h3-11H,1-2H3,(H,25,27). The fourth-order valence-electron chi connectivity index (χ4n) is 2.92. The van der Waals surface area contributed by atoms with Gasteiger partial charge in [-0.3, -0.25) is 4.79 Å². The number of pyridine rings is 1. The summed E-state index contributed by atoms with van der Waals surface area (Å²) in [7, 11) is 0. The lowest BCUT2D eigenvalue weighted by atomic mass is 10.1. The van der Waals surface area contributed by atoms with Crippen LogP contribution in [0.3, 0.4) is 0 Å². The van der Waals surface area contributed by atoms with Crippen LogP contribution in [-0.2, 0) is 0 Å². The van der Waals surface area contributed by atoms with Crippen LogP contribution in [0.15, 0.2) is 53.3 Å². The Labute approximate surface area is 164 Å². The number of halogens is 2. The third-order valence-electron chi connectivity index (χ3n) is 4.25. The number of nitrogens with zero attached hydrogens (tertiary/aromatic N) is 3. The van der Waals surface area contributed by atoms with Crippen molar-refractivity contribution in [2.75, 3.05) is 5.32 Å².